The molecule has 0 bridgehead atoms. The van der Waals surface area contributed by atoms with E-state index >= 15 is 0 Å². The maximum Gasteiger partial charge on any atom is 0.198 e. The van der Waals surface area contributed by atoms with Crippen LogP contribution in [0, 0.1) is 5.82 Å². The number of aromatic nitrogens is 1. The summed E-state index contributed by atoms with van der Waals surface area (Å²) < 4.78 is 15.8. The van der Waals surface area contributed by atoms with Gasteiger partial charge in [-0.1, -0.05) is 30.3 Å². The average molecular weight is 267 g/mol. The summed E-state index contributed by atoms with van der Waals surface area (Å²) in [5, 5.41) is 0.864. The van der Waals surface area contributed by atoms with Crippen LogP contribution >= 0.6 is 0 Å². The standard InChI is InChI=1S/C17H14FNO/c1-2-19-11-14(12-7-4-6-10-16(12)19)17(20)13-8-3-5-9-15(13)18/h3-11H,2H2,1H3. The van der Waals surface area contributed by atoms with Gasteiger partial charge in [-0.2, -0.15) is 0 Å². The van der Waals surface area contributed by atoms with Crippen molar-refractivity contribution >= 4 is 16.7 Å². The normalized spacial score (nSPS) is 10.9. The fraction of sp³-hybridized carbons (Fsp3) is 0.118. The Morgan fingerprint density at radius 1 is 1.05 bits per heavy atom. The Balaban J connectivity index is 2.20. The number of rotatable bonds is 3. The van der Waals surface area contributed by atoms with Crippen LogP contribution in [0.1, 0.15) is 22.8 Å². The Morgan fingerprint density at radius 2 is 1.75 bits per heavy atom. The molecule has 2 nitrogen and oxygen atoms in total. The number of aryl methyl sites for hydroxylation is 1. The summed E-state index contributed by atoms with van der Waals surface area (Å²) in [6.07, 6.45) is 1.80. The van der Waals surface area contributed by atoms with Crippen LogP contribution < -0.4 is 0 Å². The lowest BCUT2D eigenvalue weighted by Crippen LogP contribution is -2.03. The molecule has 0 unspecified atom stereocenters. The van der Waals surface area contributed by atoms with Gasteiger partial charge in [-0.15, -0.1) is 0 Å². The zero-order valence-electron chi connectivity index (χ0n) is 11.1. The van der Waals surface area contributed by atoms with Crippen LogP contribution in [0.4, 0.5) is 4.39 Å². The van der Waals surface area contributed by atoms with Gasteiger partial charge in [0.05, 0.1) is 5.56 Å². The summed E-state index contributed by atoms with van der Waals surface area (Å²) >= 11 is 0. The summed E-state index contributed by atoms with van der Waals surface area (Å²) in [7, 11) is 0. The smallest absolute Gasteiger partial charge is 0.198 e. The number of ketones is 1. The molecule has 0 aliphatic heterocycles. The minimum absolute atomic E-state index is 0.117. The molecule has 0 saturated carbocycles. The van der Waals surface area contributed by atoms with Gasteiger partial charge in [-0.05, 0) is 25.1 Å². The molecule has 100 valence electrons. The highest BCUT2D eigenvalue weighted by Crippen LogP contribution is 2.24. The van der Waals surface area contributed by atoms with E-state index in [1.165, 1.54) is 12.1 Å². The van der Waals surface area contributed by atoms with Crippen LogP contribution in [0.5, 0.6) is 0 Å². The Bertz CT molecular complexity index is 789. The van der Waals surface area contributed by atoms with Gasteiger partial charge in [0.1, 0.15) is 5.82 Å². The summed E-state index contributed by atoms with van der Waals surface area (Å²) in [5.41, 5.74) is 1.66. The molecule has 1 heterocycles. The van der Waals surface area contributed by atoms with Crippen LogP contribution in [0.25, 0.3) is 10.9 Å². The van der Waals surface area contributed by atoms with Crippen molar-refractivity contribution in [3.8, 4) is 0 Å². The van der Waals surface area contributed by atoms with E-state index in [0.29, 0.717) is 5.56 Å². The van der Waals surface area contributed by atoms with E-state index in [1.807, 2.05) is 35.8 Å². The topological polar surface area (TPSA) is 22.0 Å². The first-order valence-electron chi connectivity index (χ1n) is 6.59. The molecule has 3 rings (SSSR count). The molecule has 0 aliphatic rings. The number of carbonyl (C=O) groups excluding carboxylic acids is 1. The molecule has 0 radical (unpaired) electrons. The average Bonchev–Trinajstić information content (AvgIpc) is 2.86. The monoisotopic (exact) mass is 267 g/mol. The van der Waals surface area contributed by atoms with Gasteiger partial charge in [-0.3, -0.25) is 4.79 Å². The fourth-order valence-corrected chi connectivity index (χ4v) is 2.48. The third-order valence-corrected chi connectivity index (χ3v) is 3.49. The van der Waals surface area contributed by atoms with Crippen molar-refractivity contribution in [3.63, 3.8) is 0 Å². The lowest BCUT2D eigenvalue weighted by molar-refractivity contribution is 0.103. The maximum atomic E-state index is 13.8. The van der Waals surface area contributed by atoms with E-state index in [9.17, 15) is 9.18 Å². The van der Waals surface area contributed by atoms with Gasteiger partial charge in [0, 0.05) is 29.2 Å². The first-order valence-corrected chi connectivity index (χ1v) is 6.59. The number of hydrogen-bond acceptors (Lipinski definition) is 1. The van der Waals surface area contributed by atoms with Gasteiger partial charge in [-0.25, -0.2) is 4.39 Å². The number of para-hydroxylation sites is 1. The molecular weight excluding hydrogens is 253 g/mol. The quantitative estimate of drug-likeness (QED) is 0.657. The van der Waals surface area contributed by atoms with Crippen LogP contribution in [0.3, 0.4) is 0 Å². The van der Waals surface area contributed by atoms with Crippen molar-refractivity contribution in [3.05, 3.63) is 71.7 Å². The second kappa shape index (κ2) is 4.93. The van der Waals surface area contributed by atoms with E-state index in [2.05, 4.69) is 0 Å². The van der Waals surface area contributed by atoms with Crippen LogP contribution in [0.2, 0.25) is 0 Å². The molecule has 20 heavy (non-hydrogen) atoms. The zero-order chi connectivity index (χ0) is 14.1. The molecule has 3 heteroatoms. The molecule has 0 atom stereocenters. The molecule has 0 N–H and O–H groups in total. The van der Waals surface area contributed by atoms with Gasteiger partial charge >= 0.3 is 0 Å². The van der Waals surface area contributed by atoms with E-state index in [0.717, 1.165) is 17.4 Å². The molecule has 3 aromatic rings. The van der Waals surface area contributed by atoms with Crippen LogP contribution in [-0.4, -0.2) is 10.4 Å². The predicted molar refractivity (Wildman–Crippen MR) is 77.4 cm³/mol. The zero-order valence-corrected chi connectivity index (χ0v) is 11.1. The molecule has 0 aliphatic carbocycles. The molecular formula is C17H14FNO. The van der Waals surface area contributed by atoms with Crippen molar-refractivity contribution in [1.82, 2.24) is 4.57 Å². The molecule has 0 spiro atoms. The van der Waals surface area contributed by atoms with Crippen molar-refractivity contribution in [2.45, 2.75) is 13.5 Å². The lowest BCUT2D eigenvalue weighted by atomic mass is 10.0. The van der Waals surface area contributed by atoms with Crippen molar-refractivity contribution < 1.29 is 9.18 Å². The first kappa shape index (κ1) is 12.6. The van der Waals surface area contributed by atoms with E-state index < -0.39 is 5.82 Å². The van der Waals surface area contributed by atoms with Crippen LogP contribution in [0.15, 0.2) is 54.7 Å². The Hall–Kier alpha value is -2.42. The number of halogens is 1. The molecule has 0 amide bonds. The highest BCUT2D eigenvalue weighted by Gasteiger charge is 2.18. The molecule has 0 fully saturated rings. The van der Waals surface area contributed by atoms with E-state index in [4.69, 9.17) is 0 Å². The Labute approximate surface area is 116 Å². The highest BCUT2D eigenvalue weighted by molar-refractivity contribution is 6.16. The van der Waals surface area contributed by atoms with Crippen molar-refractivity contribution in [2.75, 3.05) is 0 Å². The van der Waals surface area contributed by atoms with Gasteiger partial charge < -0.3 is 4.57 Å². The molecule has 0 saturated heterocycles. The summed E-state index contributed by atoms with van der Waals surface area (Å²) in [6.45, 7) is 2.79. The first-order chi connectivity index (χ1) is 9.72. The number of carbonyl (C=O) groups is 1. The molecule has 2 aromatic carbocycles. The second-order valence-corrected chi connectivity index (χ2v) is 4.65. The predicted octanol–water partition coefficient (Wildman–Crippen LogP) is 4.03. The fourth-order valence-electron chi connectivity index (χ4n) is 2.48. The minimum Gasteiger partial charge on any atom is -0.347 e. The maximum absolute atomic E-state index is 13.8. The number of fused-ring (bicyclic) bond motifs is 1. The highest BCUT2D eigenvalue weighted by atomic mass is 19.1. The van der Waals surface area contributed by atoms with Crippen molar-refractivity contribution in [1.29, 1.82) is 0 Å². The number of hydrogen-bond donors (Lipinski definition) is 0. The Kier molecular flexibility index (Phi) is 3.11. The third-order valence-electron chi connectivity index (χ3n) is 3.49. The number of benzene rings is 2. The SMILES string of the molecule is CCn1cc(C(=O)c2ccccc2F)c2ccccc21. The summed E-state index contributed by atoms with van der Waals surface area (Å²) in [4.78, 5) is 12.6. The second-order valence-electron chi connectivity index (χ2n) is 4.65. The lowest BCUT2D eigenvalue weighted by Gasteiger charge is -2.00. The minimum atomic E-state index is -0.481. The van der Waals surface area contributed by atoms with Gasteiger partial charge in [0.2, 0.25) is 0 Å². The van der Waals surface area contributed by atoms with E-state index in [1.54, 1.807) is 18.3 Å². The third kappa shape index (κ3) is 1.92. The van der Waals surface area contributed by atoms with Crippen LogP contribution in [-0.2, 0) is 6.54 Å². The summed E-state index contributed by atoms with van der Waals surface area (Å²) in [5.74, 6) is -0.752. The largest absolute Gasteiger partial charge is 0.347 e. The van der Waals surface area contributed by atoms with E-state index in [-0.39, 0.29) is 11.3 Å². The Morgan fingerprint density at radius 3 is 2.50 bits per heavy atom. The molecule has 1 aromatic heterocycles. The van der Waals surface area contributed by atoms with Gasteiger partial charge in [0.25, 0.3) is 0 Å². The van der Waals surface area contributed by atoms with Crippen molar-refractivity contribution in [2.24, 2.45) is 0 Å². The summed E-state index contributed by atoms with van der Waals surface area (Å²) in [6, 6.07) is 13.8. The van der Waals surface area contributed by atoms with Gasteiger partial charge in [0.15, 0.2) is 5.78 Å². The number of nitrogens with zero attached hydrogens (tertiary/aromatic N) is 1.